The first-order valence-electron chi connectivity index (χ1n) is 10.9. The number of amides is 2. The van der Waals surface area contributed by atoms with Crippen LogP contribution in [-0.2, 0) is 17.6 Å². The molecule has 0 aromatic heterocycles. The van der Waals surface area contributed by atoms with Gasteiger partial charge in [-0.2, -0.15) is 0 Å². The van der Waals surface area contributed by atoms with Crippen LogP contribution in [0.1, 0.15) is 21.5 Å². The van der Waals surface area contributed by atoms with Gasteiger partial charge in [-0.15, -0.1) is 0 Å². The number of nitrogens with zero attached hydrogens (tertiary/aromatic N) is 1. The quantitative estimate of drug-likeness (QED) is 0.515. The summed E-state index contributed by atoms with van der Waals surface area (Å²) >= 11 is 0. The van der Waals surface area contributed by atoms with Crippen molar-refractivity contribution in [2.45, 2.75) is 18.9 Å². The van der Waals surface area contributed by atoms with Crippen molar-refractivity contribution in [3.63, 3.8) is 0 Å². The lowest BCUT2D eigenvalue weighted by atomic mass is 10.0. The second-order valence-electron chi connectivity index (χ2n) is 7.78. The summed E-state index contributed by atoms with van der Waals surface area (Å²) in [7, 11) is 4.96. The summed E-state index contributed by atoms with van der Waals surface area (Å²) in [5, 5.41) is 2.93. The summed E-state index contributed by atoms with van der Waals surface area (Å²) in [6.07, 6.45) is 1.06. The molecule has 6 heteroatoms. The molecule has 3 aromatic rings. The average Bonchev–Trinajstić information content (AvgIpc) is 2.87. The number of likely N-dealkylation sites (N-methyl/N-ethyl adjacent to an activating group) is 1. The molecular formula is C27H30N2O4. The summed E-state index contributed by atoms with van der Waals surface area (Å²) < 4.78 is 10.7. The van der Waals surface area contributed by atoms with Gasteiger partial charge in [0.05, 0.1) is 14.2 Å². The van der Waals surface area contributed by atoms with Gasteiger partial charge in [0, 0.05) is 25.6 Å². The van der Waals surface area contributed by atoms with Crippen LogP contribution in [0, 0.1) is 0 Å². The zero-order chi connectivity index (χ0) is 23.6. The first kappa shape index (κ1) is 23.9. The monoisotopic (exact) mass is 446 g/mol. The number of carbonyl (C=O) groups is 2. The molecule has 0 unspecified atom stereocenters. The van der Waals surface area contributed by atoms with Crippen LogP contribution >= 0.6 is 0 Å². The Morgan fingerprint density at radius 2 is 1.48 bits per heavy atom. The van der Waals surface area contributed by atoms with E-state index in [-0.39, 0.29) is 11.8 Å². The van der Waals surface area contributed by atoms with Crippen molar-refractivity contribution in [1.82, 2.24) is 10.2 Å². The third-order valence-electron chi connectivity index (χ3n) is 5.48. The summed E-state index contributed by atoms with van der Waals surface area (Å²) in [5.41, 5.74) is 2.54. The molecule has 0 saturated heterocycles. The molecule has 3 rings (SSSR count). The molecule has 0 heterocycles. The van der Waals surface area contributed by atoms with Gasteiger partial charge in [0.2, 0.25) is 5.91 Å². The predicted molar refractivity (Wildman–Crippen MR) is 129 cm³/mol. The van der Waals surface area contributed by atoms with Crippen LogP contribution < -0.4 is 14.8 Å². The van der Waals surface area contributed by atoms with E-state index in [0.29, 0.717) is 36.4 Å². The molecule has 1 atom stereocenters. The Hall–Kier alpha value is -3.80. The van der Waals surface area contributed by atoms with Crippen LogP contribution in [0.5, 0.6) is 11.5 Å². The molecule has 0 bridgehead atoms. The Morgan fingerprint density at radius 1 is 0.848 bits per heavy atom. The van der Waals surface area contributed by atoms with Crippen molar-refractivity contribution in [1.29, 1.82) is 0 Å². The fourth-order valence-corrected chi connectivity index (χ4v) is 3.59. The Bertz CT molecular complexity index is 1050. The number of ether oxygens (including phenoxy) is 2. The molecular weight excluding hydrogens is 416 g/mol. The zero-order valence-corrected chi connectivity index (χ0v) is 19.3. The Morgan fingerprint density at radius 3 is 2.12 bits per heavy atom. The van der Waals surface area contributed by atoms with Gasteiger partial charge >= 0.3 is 0 Å². The fraction of sp³-hybridized carbons (Fsp3) is 0.259. The van der Waals surface area contributed by atoms with Crippen molar-refractivity contribution in [2.75, 3.05) is 27.8 Å². The van der Waals surface area contributed by atoms with E-state index < -0.39 is 6.04 Å². The Kier molecular flexibility index (Phi) is 8.47. The van der Waals surface area contributed by atoms with E-state index in [4.69, 9.17) is 9.47 Å². The third-order valence-corrected chi connectivity index (χ3v) is 5.48. The highest BCUT2D eigenvalue weighted by Crippen LogP contribution is 2.27. The highest BCUT2D eigenvalue weighted by atomic mass is 16.5. The minimum atomic E-state index is -0.671. The normalized spacial score (nSPS) is 11.4. The first-order chi connectivity index (χ1) is 16.0. The Labute approximate surface area is 195 Å². The van der Waals surface area contributed by atoms with Crippen molar-refractivity contribution in [2.24, 2.45) is 0 Å². The topological polar surface area (TPSA) is 67.9 Å². The number of methoxy groups -OCH3 is 2. The zero-order valence-electron chi connectivity index (χ0n) is 19.3. The van der Waals surface area contributed by atoms with Crippen molar-refractivity contribution < 1.29 is 19.1 Å². The molecule has 0 spiro atoms. The van der Waals surface area contributed by atoms with Crippen molar-refractivity contribution >= 4 is 11.8 Å². The summed E-state index contributed by atoms with van der Waals surface area (Å²) in [6, 6.07) is 23.7. The van der Waals surface area contributed by atoms with E-state index in [2.05, 4.69) is 5.32 Å². The molecule has 0 radical (unpaired) electrons. The smallest absolute Gasteiger partial charge is 0.251 e. The predicted octanol–water partition coefficient (Wildman–Crippen LogP) is 3.75. The van der Waals surface area contributed by atoms with Gasteiger partial charge in [-0.3, -0.25) is 9.59 Å². The molecule has 0 aliphatic rings. The second kappa shape index (κ2) is 11.7. The number of rotatable bonds is 10. The number of benzene rings is 3. The second-order valence-corrected chi connectivity index (χ2v) is 7.78. The summed E-state index contributed by atoms with van der Waals surface area (Å²) in [6.45, 7) is 0.501. The number of hydrogen-bond acceptors (Lipinski definition) is 4. The molecule has 172 valence electrons. The number of carbonyl (C=O) groups excluding carboxylic acids is 2. The van der Waals surface area contributed by atoms with Gasteiger partial charge < -0.3 is 19.7 Å². The van der Waals surface area contributed by atoms with Crippen molar-refractivity contribution in [3.05, 3.63) is 95.6 Å². The van der Waals surface area contributed by atoms with Gasteiger partial charge in [-0.05, 0) is 41.8 Å². The Balaban J connectivity index is 1.70. The van der Waals surface area contributed by atoms with Crippen molar-refractivity contribution in [3.8, 4) is 11.5 Å². The van der Waals surface area contributed by atoms with Crippen LogP contribution in [0.4, 0.5) is 0 Å². The molecule has 0 aliphatic heterocycles. The van der Waals surface area contributed by atoms with E-state index in [9.17, 15) is 9.59 Å². The SMILES string of the molecule is COc1ccc(CCN(C)C(=O)[C@H](Cc2ccccc2)NC(=O)c2ccccc2)cc1OC. The molecule has 0 saturated carbocycles. The maximum absolute atomic E-state index is 13.3. The lowest BCUT2D eigenvalue weighted by Gasteiger charge is -2.25. The van der Waals surface area contributed by atoms with Crippen LogP contribution in [0.15, 0.2) is 78.9 Å². The van der Waals surface area contributed by atoms with Crippen LogP contribution in [-0.4, -0.2) is 50.6 Å². The van der Waals surface area contributed by atoms with E-state index >= 15 is 0 Å². The maximum Gasteiger partial charge on any atom is 0.251 e. The van der Waals surface area contributed by atoms with Gasteiger partial charge in [-0.25, -0.2) is 0 Å². The summed E-state index contributed by atoms with van der Waals surface area (Å²) in [5.74, 6) is 0.917. The van der Waals surface area contributed by atoms with E-state index in [1.807, 2.05) is 54.6 Å². The van der Waals surface area contributed by atoms with Crippen LogP contribution in [0.2, 0.25) is 0 Å². The van der Waals surface area contributed by atoms with E-state index in [1.54, 1.807) is 50.4 Å². The summed E-state index contributed by atoms with van der Waals surface area (Å²) in [4.78, 5) is 27.8. The minimum absolute atomic E-state index is 0.136. The van der Waals surface area contributed by atoms with E-state index in [1.165, 1.54) is 0 Å². The highest BCUT2D eigenvalue weighted by Gasteiger charge is 2.25. The minimum Gasteiger partial charge on any atom is -0.493 e. The van der Waals surface area contributed by atoms with Crippen LogP contribution in [0.25, 0.3) is 0 Å². The van der Waals surface area contributed by atoms with Gasteiger partial charge in [0.25, 0.3) is 5.91 Å². The molecule has 0 fully saturated rings. The number of hydrogen-bond donors (Lipinski definition) is 1. The average molecular weight is 447 g/mol. The molecule has 33 heavy (non-hydrogen) atoms. The van der Waals surface area contributed by atoms with Crippen LogP contribution in [0.3, 0.4) is 0 Å². The largest absolute Gasteiger partial charge is 0.493 e. The fourth-order valence-electron chi connectivity index (χ4n) is 3.59. The molecule has 6 nitrogen and oxygen atoms in total. The highest BCUT2D eigenvalue weighted by molar-refractivity contribution is 5.97. The first-order valence-corrected chi connectivity index (χ1v) is 10.9. The molecule has 0 aliphatic carbocycles. The lowest BCUT2D eigenvalue weighted by Crippen LogP contribution is -2.49. The number of nitrogens with one attached hydrogen (secondary N) is 1. The molecule has 3 aromatic carbocycles. The maximum atomic E-state index is 13.3. The van der Waals surface area contributed by atoms with E-state index in [0.717, 1.165) is 11.1 Å². The standard InChI is InChI=1S/C27H30N2O4/c1-29(17-16-21-14-15-24(32-2)25(19-21)33-3)27(31)23(18-20-10-6-4-7-11-20)28-26(30)22-12-8-5-9-13-22/h4-15,19,23H,16-18H2,1-3H3,(H,28,30)/t23-/m0/s1. The van der Waals surface area contributed by atoms with Gasteiger partial charge in [-0.1, -0.05) is 54.6 Å². The third kappa shape index (κ3) is 6.59. The molecule has 2 amide bonds. The lowest BCUT2D eigenvalue weighted by molar-refractivity contribution is -0.131. The molecule has 1 N–H and O–H groups in total. The van der Waals surface area contributed by atoms with Gasteiger partial charge in [0.15, 0.2) is 11.5 Å². The van der Waals surface area contributed by atoms with Gasteiger partial charge in [0.1, 0.15) is 6.04 Å².